The highest BCUT2D eigenvalue weighted by atomic mass is 79.9. The van der Waals surface area contributed by atoms with Gasteiger partial charge in [0, 0.05) is 80.5 Å². The molecule has 610 valence electrons. The number of carbonyl (C=O) groups is 10. The van der Waals surface area contributed by atoms with Crippen LogP contribution in [0.2, 0.25) is 0 Å². The van der Waals surface area contributed by atoms with Crippen molar-refractivity contribution in [3.63, 3.8) is 0 Å². The Kier molecular flexibility index (Phi) is 37.9. The van der Waals surface area contributed by atoms with Crippen molar-refractivity contribution in [3.05, 3.63) is 243 Å². The zero-order chi connectivity index (χ0) is 86.3. The number of halogens is 2. The van der Waals surface area contributed by atoms with E-state index >= 15 is 0 Å². The van der Waals surface area contributed by atoms with E-state index in [2.05, 4.69) is 65.8 Å². The standard InChI is InChI=1S/C21H20BrN3O8.C20H28N2O2.2C13H15N3O7.C9H9BrO/c1-12(2)7-18(21(28)33-11-19(26)13-3-5-15(22)6-4-13)23-20(27)14-8-16(24(29)30)10-17(9-14)25(31)32;1-6-9-20(4,5)19(24)22-10-7-8-17(22)18(23)21-16-12-14(2)11-15(3)13-16;2*1-7(2)3-11(13(18)19)14-12(17)8-4-9(15(20)21)6-10(5-8)16(22)23;1-2-9(11)7-3-5-8(10)6-4-7/h3-6,8-10,12,18H,7,11H2,1-2H3,(H,23,27);6,11-13,17H,1,7-10H2,2-5H3,(H,21,23);2*4-7,11H,3H2,1-2H3,(H,14,17)(H,18,19);3-6H,2H2,1H3/t18-;17-;11-;;/m001../s1. The summed E-state index contributed by atoms with van der Waals surface area (Å²) in [4.78, 5) is 182. The molecule has 36 nitrogen and oxygen atoms in total. The van der Waals surface area contributed by atoms with Crippen molar-refractivity contribution in [3.8, 4) is 0 Å². The zero-order valence-electron chi connectivity index (χ0n) is 63.9. The van der Waals surface area contributed by atoms with E-state index in [1.807, 2.05) is 71.0 Å². The first-order chi connectivity index (χ1) is 53.2. The number of anilines is 1. The van der Waals surface area contributed by atoms with E-state index < -0.39 is 135 Å². The number of esters is 1. The summed E-state index contributed by atoms with van der Waals surface area (Å²) in [5.41, 5.74) is -1.23. The maximum atomic E-state index is 12.8. The summed E-state index contributed by atoms with van der Waals surface area (Å²) in [6.45, 7) is 24.2. The van der Waals surface area contributed by atoms with Gasteiger partial charge in [0.25, 0.3) is 51.8 Å². The third kappa shape index (κ3) is 31.7. The van der Waals surface area contributed by atoms with Gasteiger partial charge in [-0.05, 0) is 118 Å². The van der Waals surface area contributed by atoms with E-state index in [4.69, 9.17) is 14.9 Å². The van der Waals surface area contributed by atoms with Gasteiger partial charge < -0.3 is 41.1 Å². The van der Waals surface area contributed by atoms with Gasteiger partial charge in [-0.1, -0.05) is 131 Å². The number of hydrogen-bond acceptors (Lipinski definition) is 23. The lowest BCUT2D eigenvalue weighted by Gasteiger charge is -2.32. The number of carboxylic acid groups (broad SMARTS) is 2. The van der Waals surface area contributed by atoms with Crippen molar-refractivity contribution < 1.29 is 92.4 Å². The quantitative estimate of drug-likeness (QED) is 0.00774. The highest BCUT2D eigenvalue weighted by Gasteiger charge is 2.40. The van der Waals surface area contributed by atoms with Gasteiger partial charge in [0.05, 0.1) is 64.4 Å². The molecule has 1 heterocycles. The van der Waals surface area contributed by atoms with Crippen LogP contribution in [-0.4, -0.2) is 141 Å². The summed E-state index contributed by atoms with van der Waals surface area (Å²) in [5, 5.41) is 93.2. The summed E-state index contributed by atoms with van der Waals surface area (Å²) in [6.07, 6.45) is 4.96. The van der Waals surface area contributed by atoms with Crippen molar-refractivity contribution in [1.29, 1.82) is 0 Å². The number of carbonyl (C=O) groups excluding carboxylic acids is 8. The second kappa shape index (κ2) is 45.1. The highest BCUT2D eigenvalue weighted by molar-refractivity contribution is 9.10. The molecule has 4 atom stereocenters. The molecule has 0 aliphatic carbocycles. The van der Waals surface area contributed by atoms with Crippen molar-refractivity contribution >= 4 is 131 Å². The van der Waals surface area contributed by atoms with Crippen LogP contribution < -0.4 is 21.3 Å². The molecule has 1 aliphatic heterocycles. The number of allylic oxidation sites excluding steroid dienone is 1. The second-order valence-electron chi connectivity index (χ2n) is 27.6. The molecule has 6 N–H and O–H groups in total. The molecule has 1 aliphatic rings. The molecule has 0 spiro atoms. The second-order valence-corrected chi connectivity index (χ2v) is 29.5. The monoisotopic (exact) mass is 1710 g/mol. The van der Waals surface area contributed by atoms with Crippen LogP contribution in [0.4, 0.5) is 39.8 Å². The Hall–Kier alpha value is -12.5. The van der Waals surface area contributed by atoms with Crippen LogP contribution in [0, 0.1) is 97.7 Å². The average Bonchev–Trinajstić information content (AvgIpc) is 1.22. The number of amides is 5. The topological polar surface area (TPSA) is 531 Å². The van der Waals surface area contributed by atoms with Gasteiger partial charge in [-0.25, -0.2) is 14.4 Å². The zero-order valence-corrected chi connectivity index (χ0v) is 67.1. The molecule has 1 unspecified atom stereocenters. The van der Waals surface area contributed by atoms with Gasteiger partial charge in [-0.15, -0.1) is 6.58 Å². The van der Waals surface area contributed by atoms with Crippen LogP contribution in [0.5, 0.6) is 0 Å². The van der Waals surface area contributed by atoms with E-state index in [-0.39, 0.29) is 77.3 Å². The molecular weight excluding hydrogens is 1630 g/mol. The Balaban J connectivity index is 0.000000380. The summed E-state index contributed by atoms with van der Waals surface area (Å²) in [7, 11) is 0. The third-order valence-corrected chi connectivity index (χ3v) is 17.3. The number of likely N-dealkylation sites (tertiary alicyclic amines) is 1. The minimum Gasteiger partial charge on any atom is -0.480 e. The fourth-order valence-electron chi connectivity index (χ4n) is 10.8. The fourth-order valence-corrected chi connectivity index (χ4v) is 11.3. The molecule has 0 saturated carbocycles. The molecule has 0 radical (unpaired) electrons. The van der Waals surface area contributed by atoms with E-state index in [9.17, 15) is 109 Å². The lowest BCUT2D eigenvalue weighted by molar-refractivity contribution is -0.394. The summed E-state index contributed by atoms with van der Waals surface area (Å²) in [5.74, 6) is -6.59. The molecule has 0 aromatic heterocycles. The normalized spacial score (nSPS) is 12.7. The van der Waals surface area contributed by atoms with E-state index in [1.54, 1.807) is 76.8 Å². The van der Waals surface area contributed by atoms with Crippen molar-refractivity contribution in [2.45, 2.75) is 145 Å². The van der Waals surface area contributed by atoms with Gasteiger partial charge in [-0.2, -0.15) is 0 Å². The van der Waals surface area contributed by atoms with Crippen LogP contribution in [0.25, 0.3) is 0 Å². The molecule has 6 aromatic rings. The molecule has 1 fully saturated rings. The minimum absolute atomic E-state index is 0.0177. The van der Waals surface area contributed by atoms with Crippen LogP contribution in [0.1, 0.15) is 170 Å². The number of ketones is 2. The number of hydrogen-bond donors (Lipinski definition) is 6. The first-order valence-electron chi connectivity index (χ1n) is 34.9. The average molecular weight is 1710 g/mol. The number of nitrogens with one attached hydrogen (secondary N) is 4. The maximum absolute atomic E-state index is 12.8. The summed E-state index contributed by atoms with van der Waals surface area (Å²) < 4.78 is 6.86. The van der Waals surface area contributed by atoms with Crippen LogP contribution in [0.3, 0.4) is 0 Å². The van der Waals surface area contributed by atoms with Gasteiger partial charge in [-0.3, -0.25) is 94.2 Å². The molecule has 6 aromatic carbocycles. The Morgan fingerprint density at radius 2 is 0.842 bits per heavy atom. The van der Waals surface area contributed by atoms with E-state index in [1.165, 1.54) is 0 Å². The SMILES string of the molecule is C=CCC(C)(C)C(=O)N1CCC[C@H]1C(=O)Nc1cc(C)cc(C)c1.CC(C)CC(NC(=O)c1cc([N+](=O)[O-])cc([N+](=O)[O-])c1)C(=O)O.CC(C)C[C@@H](NC(=O)c1cc([N+](=O)[O-])cc([N+](=O)[O-])c1)C(=O)O.CC(C)C[C@H](NC(=O)c1cc([N+](=O)[O-])cc([N+](=O)[O-])c1)C(=O)OCC(=O)c1ccc(Br)cc1.CCC(=O)c1ccc(Br)cc1. The molecule has 114 heavy (non-hydrogen) atoms. The molecule has 7 rings (SSSR count). The molecule has 5 amide bonds. The highest BCUT2D eigenvalue weighted by Crippen LogP contribution is 2.31. The predicted octanol–water partition coefficient (Wildman–Crippen LogP) is 14.2. The number of Topliss-reactive ketones (excluding diaryl/α,β-unsaturated/α-hetero) is 2. The van der Waals surface area contributed by atoms with E-state index in [0.717, 1.165) is 92.3 Å². The first kappa shape index (κ1) is 95.7. The van der Waals surface area contributed by atoms with Crippen molar-refractivity contribution in [2.75, 3.05) is 18.5 Å². The van der Waals surface area contributed by atoms with Gasteiger partial charge >= 0.3 is 17.9 Å². The Labute approximate surface area is 670 Å². The number of non-ortho nitro benzene ring substituents is 6. The summed E-state index contributed by atoms with van der Waals surface area (Å²) >= 11 is 6.56. The lowest BCUT2D eigenvalue weighted by atomic mass is 9.87. The minimum atomic E-state index is -1.26. The predicted molar refractivity (Wildman–Crippen MR) is 423 cm³/mol. The van der Waals surface area contributed by atoms with Crippen LogP contribution in [-0.2, 0) is 28.7 Å². The molecule has 0 bridgehead atoms. The number of nitro groups is 6. The molecule has 38 heteroatoms. The smallest absolute Gasteiger partial charge is 0.329 e. The number of nitro benzene ring substituents is 6. The number of carboxylic acids is 2. The number of nitrogens with zero attached hydrogens (tertiary/aromatic N) is 7. The van der Waals surface area contributed by atoms with Gasteiger partial charge in [0.15, 0.2) is 18.2 Å². The van der Waals surface area contributed by atoms with E-state index in [0.29, 0.717) is 31.4 Å². The summed E-state index contributed by atoms with van der Waals surface area (Å²) in [6, 6.07) is 23.2. The first-order valence-corrected chi connectivity index (χ1v) is 36.5. The van der Waals surface area contributed by atoms with Crippen molar-refractivity contribution in [2.24, 2.45) is 23.2 Å². The molecule has 1 saturated heterocycles. The number of aliphatic carboxylic acids is 2. The number of benzene rings is 6. The van der Waals surface area contributed by atoms with Crippen LogP contribution in [0.15, 0.2) is 143 Å². The largest absolute Gasteiger partial charge is 0.480 e. The van der Waals surface area contributed by atoms with Crippen LogP contribution >= 0.6 is 31.9 Å². The number of aryl methyl sites for hydroxylation is 2. The number of ether oxygens (including phenoxy) is 1. The Morgan fingerprint density at radius 1 is 0.518 bits per heavy atom. The maximum Gasteiger partial charge on any atom is 0.329 e. The third-order valence-electron chi connectivity index (χ3n) is 16.2. The fraction of sp³-hybridized carbons (Fsp3) is 0.368. The number of rotatable bonds is 31. The lowest BCUT2D eigenvalue weighted by Crippen LogP contribution is -2.48. The van der Waals surface area contributed by atoms with Gasteiger partial charge in [0.1, 0.15) is 24.2 Å². The Bertz CT molecular complexity index is 4360. The Morgan fingerprint density at radius 3 is 1.15 bits per heavy atom. The van der Waals surface area contributed by atoms with Crippen molar-refractivity contribution in [1.82, 2.24) is 20.9 Å². The molecular formula is C76H87Br2N11O25. The van der Waals surface area contributed by atoms with Gasteiger partial charge in [0.2, 0.25) is 11.8 Å².